The van der Waals surface area contributed by atoms with Crippen molar-refractivity contribution < 1.29 is 23.9 Å². The Morgan fingerprint density at radius 3 is 1.90 bits per heavy atom. The Hall–Kier alpha value is -1.10. The van der Waals surface area contributed by atoms with Gasteiger partial charge >= 0.3 is 5.97 Å². The molecule has 2 atom stereocenters. The molecule has 2 unspecified atom stereocenters. The van der Waals surface area contributed by atoms with Crippen molar-refractivity contribution in [3.8, 4) is 0 Å². The van der Waals surface area contributed by atoms with Crippen LogP contribution in [0, 0.1) is 5.92 Å². The molecule has 0 aromatic heterocycles. The van der Waals surface area contributed by atoms with Crippen LogP contribution < -0.4 is 5.11 Å². The van der Waals surface area contributed by atoms with Crippen LogP contribution in [-0.4, -0.2) is 50.2 Å². The molecule has 5 heteroatoms. The molecule has 0 N–H and O–H groups in total. The number of ether oxygens (including phenoxy) is 1. The van der Waals surface area contributed by atoms with E-state index in [1.165, 1.54) is 57.8 Å². The molecule has 0 saturated carbocycles. The molecule has 172 valence electrons. The monoisotopic (exact) mass is 413 g/mol. The van der Waals surface area contributed by atoms with Crippen LogP contribution in [0.4, 0.5) is 0 Å². The number of unbranched alkanes of at least 4 members (excludes halogenated alkanes) is 8. The predicted molar refractivity (Wildman–Crippen MR) is 117 cm³/mol. The normalized spacial score (nSPS) is 13.8. The summed E-state index contributed by atoms with van der Waals surface area (Å²) in [6.07, 6.45) is 14.5. The van der Waals surface area contributed by atoms with E-state index >= 15 is 0 Å². The van der Waals surface area contributed by atoms with Crippen molar-refractivity contribution in [2.24, 2.45) is 5.92 Å². The lowest BCUT2D eigenvalue weighted by atomic mass is 9.96. The third-order valence-electron chi connectivity index (χ3n) is 5.32. The van der Waals surface area contributed by atoms with E-state index in [2.05, 4.69) is 13.8 Å². The number of hydrogen-bond donors (Lipinski definition) is 0. The quantitative estimate of drug-likeness (QED) is 0.178. The molecule has 29 heavy (non-hydrogen) atoms. The maximum atomic E-state index is 12.0. The Bertz CT molecular complexity index is 431. The lowest BCUT2D eigenvalue weighted by molar-refractivity contribution is -0.873. The molecule has 0 aliphatic carbocycles. The summed E-state index contributed by atoms with van der Waals surface area (Å²) in [5, 5.41) is 10.9. The van der Waals surface area contributed by atoms with Gasteiger partial charge in [-0.15, -0.1) is 0 Å². The molecule has 5 nitrogen and oxygen atoms in total. The molecule has 0 rings (SSSR count). The summed E-state index contributed by atoms with van der Waals surface area (Å²) in [6.45, 7) is 5.11. The van der Waals surface area contributed by atoms with Gasteiger partial charge in [-0.1, -0.05) is 84.5 Å². The fraction of sp³-hybridized carbons (Fsp3) is 0.917. The molecule has 0 aromatic carbocycles. The maximum absolute atomic E-state index is 12.0. The Labute approximate surface area is 179 Å². The summed E-state index contributed by atoms with van der Waals surface area (Å²) in [5.74, 6) is -0.598. The summed E-state index contributed by atoms with van der Waals surface area (Å²) in [5.41, 5.74) is 0. The molecular weight excluding hydrogens is 366 g/mol. The zero-order valence-corrected chi connectivity index (χ0v) is 19.8. The third-order valence-corrected chi connectivity index (χ3v) is 5.32. The molecule has 0 heterocycles. The van der Waals surface area contributed by atoms with E-state index < -0.39 is 12.1 Å². The Morgan fingerprint density at radius 2 is 1.38 bits per heavy atom. The highest BCUT2D eigenvalue weighted by Gasteiger charge is 2.22. The van der Waals surface area contributed by atoms with E-state index in [4.69, 9.17) is 4.74 Å². The van der Waals surface area contributed by atoms with E-state index in [-0.39, 0.29) is 12.4 Å². The number of nitrogens with zero attached hydrogens (tertiary/aromatic N) is 1. The summed E-state index contributed by atoms with van der Waals surface area (Å²) >= 11 is 0. The molecule has 0 bridgehead atoms. The van der Waals surface area contributed by atoms with Gasteiger partial charge in [0.05, 0.1) is 21.1 Å². The van der Waals surface area contributed by atoms with E-state index in [1.54, 1.807) is 0 Å². The molecule has 0 radical (unpaired) electrons. The number of likely N-dealkylation sites (N-methyl/N-ethyl adjacent to an activating group) is 1. The minimum atomic E-state index is -1.17. The van der Waals surface area contributed by atoms with Crippen LogP contribution in [0.5, 0.6) is 0 Å². The molecular formula is C24H47NO4. The molecule has 0 aliphatic heterocycles. The van der Waals surface area contributed by atoms with Crippen molar-refractivity contribution in [1.29, 1.82) is 0 Å². The van der Waals surface area contributed by atoms with Crippen LogP contribution in [0.1, 0.15) is 104 Å². The highest BCUT2D eigenvalue weighted by Crippen LogP contribution is 2.18. The zero-order chi connectivity index (χ0) is 22.1. The van der Waals surface area contributed by atoms with Gasteiger partial charge < -0.3 is 19.1 Å². The van der Waals surface area contributed by atoms with Crippen molar-refractivity contribution in [3.63, 3.8) is 0 Å². The lowest BCUT2D eigenvalue weighted by Gasteiger charge is -2.29. The lowest BCUT2D eigenvalue weighted by Crippen LogP contribution is -2.45. The molecule has 0 spiro atoms. The fourth-order valence-corrected chi connectivity index (χ4v) is 3.72. The van der Waals surface area contributed by atoms with Gasteiger partial charge in [-0.05, 0) is 12.3 Å². The molecule has 0 saturated heterocycles. The first-order valence-corrected chi connectivity index (χ1v) is 11.8. The van der Waals surface area contributed by atoms with Crippen molar-refractivity contribution in [3.05, 3.63) is 0 Å². The first-order valence-electron chi connectivity index (χ1n) is 11.8. The van der Waals surface area contributed by atoms with Crippen LogP contribution in [0.2, 0.25) is 0 Å². The number of esters is 1. The Balaban J connectivity index is 3.71. The number of carboxylic acid groups (broad SMARTS) is 1. The number of quaternary nitrogens is 1. The second-order valence-electron chi connectivity index (χ2n) is 9.78. The standard InChI is InChI=1S/C24H47NO4/c1-6-7-13-16-21(2)17-14-11-9-8-10-12-15-18-24(28)29-22(19-23(26)27)20-25(3,4)5/h21-22H,6-20H2,1-5H3. The minimum Gasteiger partial charge on any atom is -0.550 e. The third kappa shape index (κ3) is 20.0. The number of carbonyl (C=O) groups excluding carboxylic acids is 2. The number of hydrogen-bond acceptors (Lipinski definition) is 4. The number of carboxylic acids is 1. The van der Waals surface area contributed by atoms with Gasteiger partial charge in [0, 0.05) is 18.8 Å². The first-order chi connectivity index (χ1) is 13.6. The fourth-order valence-electron chi connectivity index (χ4n) is 3.72. The van der Waals surface area contributed by atoms with Gasteiger partial charge in [0.2, 0.25) is 0 Å². The second kappa shape index (κ2) is 16.7. The van der Waals surface area contributed by atoms with E-state index in [0.29, 0.717) is 17.4 Å². The van der Waals surface area contributed by atoms with Gasteiger partial charge in [-0.2, -0.15) is 0 Å². The Kier molecular flexibility index (Phi) is 16.0. The highest BCUT2D eigenvalue weighted by atomic mass is 16.5. The van der Waals surface area contributed by atoms with E-state index in [0.717, 1.165) is 25.2 Å². The second-order valence-corrected chi connectivity index (χ2v) is 9.78. The van der Waals surface area contributed by atoms with E-state index in [9.17, 15) is 14.7 Å². The molecule has 0 aromatic rings. The number of carbonyl (C=O) groups is 2. The van der Waals surface area contributed by atoms with Crippen molar-refractivity contribution in [2.45, 2.75) is 110 Å². The Morgan fingerprint density at radius 1 is 0.862 bits per heavy atom. The zero-order valence-electron chi connectivity index (χ0n) is 19.8. The average Bonchev–Trinajstić information content (AvgIpc) is 2.58. The SMILES string of the molecule is CCCCCC(C)CCCCCCCCCC(=O)OC(CC(=O)[O-])C[N+](C)(C)C. The molecule has 0 fully saturated rings. The van der Waals surface area contributed by atoms with Crippen molar-refractivity contribution >= 4 is 11.9 Å². The number of rotatable bonds is 19. The summed E-state index contributed by atoms with van der Waals surface area (Å²) in [6, 6.07) is 0. The summed E-state index contributed by atoms with van der Waals surface area (Å²) < 4.78 is 5.92. The predicted octanol–water partition coefficient (Wildman–Crippen LogP) is 4.47. The topological polar surface area (TPSA) is 66.4 Å². The largest absolute Gasteiger partial charge is 0.550 e. The molecule has 0 amide bonds. The average molecular weight is 414 g/mol. The van der Waals surface area contributed by atoms with Gasteiger partial charge in [-0.3, -0.25) is 4.79 Å². The van der Waals surface area contributed by atoms with Gasteiger partial charge in [0.15, 0.2) is 6.10 Å². The smallest absolute Gasteiger partial charge is 0.306 e. The first kappa shape index (κ1) is 27.9. The van der Waals surface area contributed by atoms with Crippen LogP contribution in [-0.2, 0) is 14.3 Å². The molecule has 0 aliphatic rings. The van der Waals surface area contributed by atoms with Crippen LogP contribution in [0.3, 0.4) is 0 Å². The van der Waals surface area contributed by atoms with Crippen molar-refractivity contribution in [1.82, 2.24) is 0 Å². The van der Waals surface area contributed by atoms with E-state index in [1.807, 2.05) is 21.1 Å². The maximum Gasteiger partial charge on any atom is 0.306 e. The summed E-state index contributed by atoms with van der Waals surface area (Å²) in [7, 11) is 5.84. The van der Waals surface area contributed by atoms with Crippen LogP contribution >= 0.6 is 0 Å². The van der Waals surface area contributed by atoms with Gasteiger partial charge in [0.1, 0.15) is 6.54 Å². The van der Waals surface area contributed by atoms with Crippen LogP contribution in [0.15, 0.2) is 0 Å². The number of aliphatic carboxylic acids is 1. The van der Waals surface area contributed by atoms with Gasteiger partial charge in [0.25, 0.3) is 0 Å². The highest BCUT2D eigenvalue weighted by molar-refractivity contribution is 5.70. The minimum absolute atomic E-state index is 0.238. The van der Waals surface area contributed by atoms with Crippen LogP contribution in [0.25, 0.3) is 0 Å². The summed E-state index contributed by atoms with van der Waals surface area (Å²) in [4.78, 5) is 22.9. The van der Waals surface area contributed by atoms with Crippen molar-refractivity contribution in [2.75, 3.05) is 27.7 Å². The van der Waals surface area contributed by atoms with Gasteiger partial charge in [-0.25, -0.2) is 0 Å².